The Balaban J connectivity index is 2.15. The second kappa shape index (κ2) is 5.37. The van der Waals surface area contributed by atoms with Gasteiger partial charge >= 0.3 is 0 Å². The lowest BCUT2D eigenvalue weighted by Gasteiger charge is -2.28. The van der Waals surface area contributed by atoms with Crippen molar-refractivity contribution < 1.29 is 8.60 Å². The first-order chi connectivity index (χ1) is 10.1. The molecule has 1 N–H and O–H groups in total. The third-order valence-electron chi connectivity index (χ3n) is 3.66. The van der Waals surface area contributed by atoms with Crippen LogP contribution >= 0.6 is 0 Å². The first kappa shape index (κ1) is 13.9. The summed E-state index contributed by atoms with van der Waals surface area (Å²) in [6, 6.07) is 9.76. The van der Waals surface area contributed by atoms with Crippen LogP contribution in [0.15, 0.2) is 53.9 Å². The smallest absolute Gasteiger partial charge is 0.134 e. The molecular formula is C15H14FN3OS. The Morgan fingerprint density at radius 1 is 1.19 bits per heavy atom. The first-order valence-electron chi connectivity index (χ1n) is 6.45. The molecule has 0 amide bonds. The molecule has 2 heterocycles. The Kier molecular flexibility index (Phi) is 3.55. The van der Waals surface area contributed by atoms with Gasteiger partial charge in [0.2, 0.25) is 0 Å². The second-order valence-electron chi connectivity index (χ2n) is 4.82. The molecule has 2 unspecified atom stereocenters. The minimum absolute atomic E-state index is 0.308. The highest BCUT2D eigenvalue weighted by Gasteiger charge is 2.45. The van der Waals surface area contributed by atoms with Gasteiger partial charge in [-0.3, -0.25) is 9.19 Å². The summed E-state index contributed by atoms with van der Waals surface area (Å²) in [7, 11) is -1.20. The number of pyridine rings is 1. The van der Waals surface area contributed by atoms with E-state index in [-0.39, 0.29) is 5.82 Å². The van der Waals surface area contributed by atoms with Crippen LogP contribution in [0.1, 0.15) is 11.1 Å². The molecule has 0 aliphatic carbocycles. The largest absolute Gasteiger partial charge is 0.307 e. The van der Waals surface area contributed by atoms with E-state index in [1.54, 1.807) is 30.8 Å². The predicted molar refractivity (Wildman–Crippen MR) is 80.9 cm³/mol. The topological polar surface area (TPSA) is 54.4 Å². The van der Waals surface area contributed by atoms with Crippen LogP contribution in [-0.2, 0) is 15.5 Å². The molecule has 0 radical (unpaired) electrons. The molecule has 1 aliphatic heterocycles. The van der Waals surface area contributed by atoms with Gasteiger partial charge in [-0.2, -0.15) is 5.10 Å². The molecule has 2 atom stereocenters. The molecule has 1 aromatic carbocycles. The van der Waals surface area contributed by atoms with Gasteiger partial charge in [0.15, 0.2) is 0 Å². The Bertz CT molecular complexity index is 703. The van der Waals surface area contributed by atoms with Gasteiger partial charge in [0.05, 0.1) is 12.3 Å². The predicted octanol–water partition coefficient (Wildman–Crippen LogP) is 1.80. The minimum Gasteiger partial charge on any atom is -0.307 e. The minimum atomic E-state index is -1.20. The normalized spacial score (nSPS) is 22.5. The number of halogens is 1. The van der Waals surface area contributed by atoms with E-state index in [9.17, 15) is 8.60 Å². The summed E-state index contributed by atoms with van der Waals surface area (Å²) in [5.41, 5.74) is 5.24. The summed E-state index contributed by atoms with van der Waals surface area (Å²) in [4.78, 5) is 4.01. The first-order valence-corrected chi connectivity index (χ1v) is 8.01. The van der Waals surface area contributed by atoms with E-state index < -0.39 is 15.5 Å². The quantitative estimate of drug-likeness (QED) is 0.941. The van der Waals surface area contributed by atoms with Gasteiger partial charge in [-0.15, -0.1) is 0 Å². The van der Waals surface area contributed by atoms with Crippen LogP contribution in [0.3, 0.4) is 0 Å². The van der Waals surface area contributed by atoms with Crippen molar-refractivity contribution >= 4 is 16.5 Å². The molecule has 4 nitrogen and oxygen atoms in total. The fraction of sp³-hybridized carbons (Fsp3) is 0.200. The van der Waals surface area contributed by atoms with E-state index >= 15 is 0 Å². The fourth-order valence-electron chi connectivity index (χ4n) is 2.57. The van der Waals surface area contributed by atoms with E-state index in [4.69, 9.17) is 0 Å². The number of nitrogens with one attached hydrogen (secondary N) is 1. The van der Waals surface area contributed by atoms with Crippen LogP contribution in [0, 0.1) is 5.82 Å². The molecule has 2 aromatic rings. The molecule has 0 bridgehead atoms. The monoisotopic (exact) mass is 303 g/mol. The molecule has 108 valence electrons. The van der Waals surface area contributed by atoms with Crippen LogP contribution in [0.25, 0.3) is 0 Å². The van der Waals surface area contributed by atoms with Crippen molar-refractivity contribution in [3.63, 3.8) is 0 Å². The SMILES string of the molecule is CS(=O)C1(c2ccncc2)CNN=C1c1ccc(F)cc1. The highest BCUT2D eigenvalue weighted by atomic mass is 32.2. The summed E-state index contributed by atoms with van der Waals surface area (Å²) in [5.74, 6) is -0.308. The summed E-state index contributed by atoms with van der Waals surface area (Å²) in [5, 5.41) is 4.32. The molecule has 0 spiro atoms. The number of hydrogen-bond donors (Lipinski definition) is 1. The Morgan fingerprint density at radius 2 is 1.86 bits per heavy atom. The lowest BCUT2D eigenvalue weighted by molar-refractivity contribution is 0.627. The molecular weight excluding hydrogens is 289 g/mol. The van der Waals surface area contributed by atoms with E-state index in [0.717, 1.165) is 11.1 Å². The Labute approximate surface area is 124 Å². The Hall–Kier alpha value is -2.08. The van der Waals surface area contributed by atoms with Crippen molar-refractivity contribution in [2.75, 3.05) is 12.8 Å². The molecule has 3 rings (SSSR count). The van der Waals surface area contributed by atoms with Crippen LogP contribution in [0.4, 0.5) is 4.39 Å². The zero-order valence-corrected chi connectivity index (χ0v) is 12.2. The van der Waals surface area contributed by atoms with Gasteiger partial charge in [-0.1, -0.05) is 12.1 Å². The molecule has 1 aliphatic rings. The third kappa shape index (κ3) is 2.25. The number of hydrazone groups is 1. The van der Waals surface area contributed by atoms with Crippen molar-refractivity contribution in [3.05, 3.63) is 65.7 Å². The molecule has 21 heavy (non-hydrogen) atoms. The summed E-state index contributed by atoms with van der Waals surface area (Å²) in [6.07, 6.45) is 5.00. The lowest BCUT2D eigenvalue weighted by atomic mass is 9.90. The van der Waals surface area contributed by atoms with Crippen molar-refractivity contribution in [1.29, 1.82) is 0 Å². The highest BCUT2D eigenvalue weighted by molar-refractivity contribution is 7.86. The van der Waals surface area contributed by atoms with E-state index in [2.05, 4.69) is 15.5 Å². The van der Waals surface area contributed by atoms with Gasteiger partial charge in [-0.05, 0) is 35.4 Å². The highest BCUT2D eigenvalue weighted by Crippen LogP contribution is 2.34. The van der Waals surface area contributed by atoms with Crippen LogP contribution in [-0.4, -0.2) is 27.7 Å². The average molecular weight is 303 g/mol. The summed E-state index contributed by atoms with van der Waals surface area (Å²) < 4.78 is 24.9. The van der Waals surface area contributed by atoms with Crippen molar-refractivity contribution in [2.45, 2.75) is 4.75 Å². The van der Waals surface area contributed by atoms with Crippen LogP contribution in [0.5, 0.6) is 0 Å². The van der Waals surface area contributed by atoms with Crippen molar-refractivity contribution in [2.24, 2.45) is 5.10 Å². The molecule has 0 saturated carbocycles. The number of rotatable bonds is 3. The van der Waals surface area contributed by atoms with Gasteiger partial charge in [0.1, 0.15) is 10.6 Å². The number of nitrogens with zero attached hydrogens (tertiary/aromatic N) is 2. The van der Waals surface area contributed by atoms with Crippen molar-refractivity contribution in [3.8, 4) is 0 Å². The van der Waals surface area contributed by atoms with E-state index in [1.165, 1.54) is 12.1 Å². The van der Waals surface area contributed by atoms with Gasteiger partial charge < -0.3 is 5.43 Å². The zero-order valence-electron chi connectivity index (χ0n) is 11.4. The van der Waals surface area contributed by atoms with Crippen LogP contribution < -0.4 is 5.43 Å². The maximum absolute atomic E-state index is 13.1. The number of aromatic nitrogens is 1. The summed E-state index contributed by atoms with van der Waals surface area (Å²) >= 11 is 0. The van der Waals surface area contributed by atoms with E-state index in [0.29, 0.717) is 12.3 Å². The van der Waals surface area contributed by atoms with Crippen LogP contribution in [0.2, 0.25) is 0 Å². The maximum atomic E-state index is 13.1. The fourth-order valence-corrected chi connectivity index (χ4v) is 3.74. The molecule has 0 fully saturated rings. The molecule has 6 heteroatoms. The molecule has 0 saturated heterocycles. The number of benzene rings is 1. The molecule has 1 aromatic heterocycles. The van der Waals surface area contributed by atoms with Gasteiger partial charge in [0, 0.05) is 29.4 Å². The average Bonchev–Trinajstić information content (AvgIpc) is 2.95. The van der Waals surface area contributed by atoms with Gasteiger partial charge in [0.25, 0.3) is 0 Å². The maximum Gasteiger partial charge on any atom is 0.134 e. The second-order valence-corrected chi connectivity index (χ2v) is 6.42. The summed E-state index contributed by atoms with van der Waals surface area (Å²) in [6.45, 7) is 0.437. The zero-order chi connectivity index (χ0) is 14.9. The van der Waals surface area contributed by atoms with Gasteiger partial charge in [-0.25, -0.2) is 4.39 Å². The van der Waals surface area contributed by atoms with E-state index in [1.807, 2.05) is 12.1 Å². The van der Waals surface area contributed by atoms with Crippen molar-refractivity contribution in [1.82, 2.24) is 10.4 Å². The number of hydrogen-bond acceptors (Lipinski definition) is 4. The lowest BCUT2D eigenvalue weighted by Crippen LogP contribution is -2.42. The Morgan fingerprint density at radius 3 is 2.48 bits per heavy atom. The standard InChI is InChI=1S/C15H14FN3OS/c1-21(20)15(12-6-8-17-9-7-12)10-18-19-14(15)11-2-4-13(16)5-3-11/h2-9,18H,10H2,1H3. The third-order valence-corrected chi connectivity index (χ3v) is 5.21.